The molecule has 2 rings (SSSR count). The molecule has 3 heteroatoms. The predicted molar refractivity (Wildman–Crippen MR) is 71.8 cm³/mol. The normalized spacial score (nSPS) is 20.2. The number of rotatable bonds is 2. The van der Waals surface area contributed by atoms with E-state index in [9.17, 15) is 4.39 Å². The van der Waals surface area contributed by atoms with Gasteiger partial charge in [0.1, 0.15) is 5.82 Å². The Hall–Kier alpha value is -1.37. The maximum absolute atomic E-state index is 12.9. The molecule has 0 aliphatic carbocycles. The third-order valence-corrected chi connectivity index (χ3v) is 3.06. The Balaban J connectivity index is 1.78. The molecule has 1 fully saturated rings. The molecule has 0 bridgehead atoms. The predicted octanol–water partition coefficient (Wildman–Crippen LogP) is 1.67. The average molecular weight is 246 g/mol. The van der Waals surface area contributed by atoms with Crippen LogP contribution < -0.4 is 5.32 Å². The lowest BCUT2D eigenvalue weighted by Gasteiger charge is -2.30. The summed E-state index contributed by atoms with van der Waals surface area (Å²) in [7, 11) is 0. The van der Waals surface area contributed by atoms with Gasteiger partial charge in [0, 0.05) is 32.1 Å². The molecule has 0 radical (unpaired) electrons. The van der Waals surface area contributed by atoms with Gasteiger partial charge < -0.3 is 5.32 Å². The van der Waals surface area contributed by atoms with Crippen LogP contribution in [0.5, 0.6) is 0 Å². The molecule has 1 aliphatic heterocycles. The molecule has 1 aromatic rings. The second-order valence-electron chi connectivity index (χ2n) is 4.75. The summed E-state index contributed by atoms with van der Waals surface area (Å²) >= 11 is 0. The minimum absolute atomic E-state index is 0.190. The van der Waals surface area contributed by atoms with Crippen molar-refractivity contribution in [1.29, 1.82) is 0 Å². The summed E-state index contributed by atoms with van der Waals surface area (Å²) in [5, 5.41) is 3.40. The van der Waals surface area contributed by atoms with Gasteiger partial charge in [-0.2, -0.15) is 0 Å². The number of nitrogens with one attached hydrogen (secondary N) is 1. The van der Waals surface area contributed by atoms with Gasteiger partial charge in [0.25, 0.3) is 0 Å². The standard InChI is InChI=1S/C15H19FN2/c1-13-12-18(10-8-17-13)9-3-2-5-14-6-4-7-15(16)11-14/h4,6-7,11,13,17H,5,8-10,12H2,1H3. The Labute approximate surface area is 108 Å². The highest BCUT2D eigenvalue weighted by molar-refractivity contribution is 5.22. The Morgan fingerprint density at radius 2 is 2.33 bits per heavy atom. The Kier molecular flexibility index (Phi) is 4.74. The topological polar surface area (TPSA) is 15.3 Å². The maximum Gasteiger partial charge on any atom is 0.123 e. The molecule has 2 nitrogen and oxygen atoms in total. The number of benzene rings is 1. The van der Waals surface area contributed by atoms with E-state index in [0.717, 1.165) is 31.7 Å². The van der Waals surface area contributed by atoms with Crippen LogP contribution in [0.4, 0.5) is 4.39 Å². The first-order chi connectivity index (χ1) is 8.74. The third kappa shape index (κ3) is 4.14. The second-order valence-corrected chi connectivity index (χ2v) is 4.75. The van der Waals surface area contributed by atoms with Gasteiger partial charge in [-0.15, -0.1) is 0 Å². The quantitative estimate of drug-likeness (QED) is 0.799. The largest absolute Gasteiger partial charge is 0.312 e. The Morgan fingerprint density at radius 1 is 1.44 bits per heavy atom. The van der Waals surface area contributed by atoms with E-state index < -0.39 is 0 Å². The van der Waals surface area contributed by atoms with Crippen molar-refractivity contribution in [2.75, 3.05) is 26.2 Å². The van der Waals surface area contributed by atoms with Gasteiger partial charge in [-0.25, -0.2) is 4.39 Å². The van der Waals surface area contributed by atoms with Crippen molar-refractivity contribution in [1.82, 2.24) is 10.2 Å². The van der Waals surface area contributed by atoms with Crippen LogP contribution in [0.1, 0.15) is 12.5 Å². The van der Waals surface area contributed by atoms with Gasteiger partial charge in [0.15, 0.2) is 0 Å². The van der Waals surface area contributed by atoms with E-state index in [2.05, 4.69) is 29.0 Å². The number of halogens is 1. The smallest absolute Gasteiger partial charge is 0.123 e. The van der Waals surface area contributed by atoms with Gasteiger partial charge in [-0.3, -0.25) is 4.90 Å². The first-order valence-corrected chi connectivity index (χ1v) is 6.40. The van der Waals surface area contributed by atoms with Crippen LogP contribution in [0.3, 0.4) is 0 Å². The fourth-order valence-corrected chi connectivity index (χ4v) is 2.13. The van der Waals surface area contributed by atoms with E-state index in [-0.39, 0.29) is 5.82 Å². The van der Waals surface area contributed by atoms with Crippen LogP contribution in [0.25, 0.3) is 0 Å². The minimum atomic E-state index is -0.190. The lowest BCUT2D eigenvalue weighted by atomic mass is 10.1. The molecule has 1 atom stereocenters. The van der Waals surface area contributed by atoms with Gasteiger partial charge in [-0.1, -0.05) is 24.0 Å². The molecule has 1 N–H and O–H groups in total. The van der Waals surface area contributed by atoms with E-state index in [4.69, 9.17) is 0 Å². The average Bonchev–Trinajstić information content (AvgIpc) is 2.35. The zero-order chi connectivity index (χ0) is 12.8. The van der Waals surface area contributed by atoms with Crippen LogP contribution >= 0.6 is 0 Å². The Bertz CT molecular complexity index is 447. The minimum Gasteiger partial charge on any atom is -0.312 e. The fourth-order valence-electron chi connectivity index (χ4n) is 2.13. The van der Waals surface area contributed by atoms with Crippen LogP contribution in [-0.2, 0) is 6.42 Å². The molecule has 0 amide bonds. The van der Waals surface area contributed by atoms with Crippen LogP contribution in [0.15, 0.2) is 24.3 Å². The zero-order valence-electron chi connectivity index (χ0n) is 10.7. The molecule has 1 aliphatic rings. The summed E-state index contributed by atoms with van der Waals surface area (Å²) in [5.74, 6) is 6.09. The monoisotopic (exact) mass is 246 g/mol. The number of hydrogen-bond acceptors (Lipinski definition) is 2. The second kappa shape index (κ2) is 6.53. The number of nitrogens with zero attached hydrogens (tertiary/aromatic N) is 1. The number of piperazine rings is 1. The summed E-state index contributed by atoms with van der Waals surface area (Å²) < 4.78 is 12.9. The molecule has 0 spiro atoms. The lowest BCUT2D eigenvalue weighted by Crippen LogP contribution is -2.49. The summed E-state index contributed by atoms with van der Waals surface area (Å²) in [6.45, 7) is 6.13. The van der Waals surface area contributed by atoms with E-state index in [1.54, 1.807) is 12.1 Å². The van der Waals surface area contributed by atoms with Crippen molar-refractivity contribution in [3.05, 3.63) is 35.6 Å². The highest BCUT2D eigenvalue weighted by Crippen LogP contribution is 2.03. The molecule has 1 saturated heterocycles. The molecule has 1 heterocycles. The van der Waals surface area contributed by atoms with E-state index in [1.807, 2.05) is 6.07 Å². The molecule has 18 heavy (non-hydrogen) atoms. The highest BCUT2D eigenvalue weighted by atomic mass is 19.1. The van der Waals surface area contributed by atoms with Crippen molar-refractivity contribution >= 4 is 0 Å². The van der Waals surface area contributed by atoms with Crippen LogP contribution in [0.2, 0.25) is 0 Å². The van der Waals surface area contributed by atoms with Crippen molar-refractivity contribution < 1.29 is 4.39 Å². The van der Waals surface area contributed by atoms with Crippen LogP contribution in [0, 0.1) is 17.7 Å². The van der Waals surface area contributed by atoms with Crippen molar-refractivity contribution in [2.45, 2.75) is 19.4 Å². The summed E-state index contributed by atoms with van der Waals surface area (Å²) in [5.41, 5.74) is 0.941. The van der Waals surface area contributed by atoms with Gasteiger partial charge in [-0.05, 0) is 24.6 Å². The lowest BCUT2D eigenvalue weighted by molar-refractivity contribution is 0.229. The zero-order valence-corrected chi connectivity index (χ0v) is 10.7. The van der Waals surface area contributed by atoms with Crippen LogP contribution in [-0.4, -0.2) is 37.1 Å². The molecule has 96 valence electrons. The van der Waals surface area contributed by atoms with Gasteiger partial charge in [0.05, 0.1) is 6.54 Å². The summed E-state index contributed by atoms with van der Waals surface area (Å²) in [6.07, 6.45) is 0.624. The summed E-state index contributed by atoms with van der Waals surface area (Å²) in [4.78, 5) is 2.35. The number of hydrogen-bond donors (Lipinski definition) is 1. The van der Waals surface area contributed by atoms with E-state index >= 15 is 0 Å². The maximum atomic E-state index is 12.9. The molecule has 1 unspecified atom stereocenters. The SMILES string of the molecule is CC1CN(CC#CCc2cccc(F)c2)CCN1. The third-order valence-electron chi connectivity index (χ3n) is 3.06. The summed E-state index contributed by atoms with van der Waals surface area (Å²) in [6, 6.07) is 7.18. The molecule has 0 aromatic heterocycles. The molecule has 1 aromatic carbocycles. The highest BCUT2D eigenvalue weighted by Gasteiger charge is 2.13. The van der Waals surface area contributed by atoms with E-state index in [0.29, 0.717) is 12.5 Å². The van der Waals surface area contributed by atoms with Crippen molar-refractivity contribution in [3.8, 4) is 11.8 Å². The van der Waals surface area contributed by atoms with Gasteiger partial charge in [0.2, 0.25) is 0 Å². The first kappa shape index (κ1) is 13.1. The molecular weight excluding hydrogens is 227 g/mol. The molecular formula is C15H19FN2. The molecule has 0 saturated carbocycles. The van der Waals surface area contributed by atoms with E-state index in [1.165, 1.54) is 6.07 Å². The van der Waals surface area contributed by atoms with Crippen molar-refractivity contribution in [3.63, 3.8) is 0 Å². The Morgan fingerprint density at radius 3 is 3.11 bits per heavy atom. The van der Waals surface area contributed by atoms with Crippen molar-refractivity contribution in [2.24, 2.45) is 0 Å². The van der Waals surface area contributed by atoms with Gasteiger partial charge >= 0.3 is 0 Å². The fraction of sp³-hybridized carbons (Fsp3) is 0.467. The first-order valence-electron chi connectivity index (χ1n) is 6.40.